The number of hydrogen-bond donors (Lipinski definition) is 1. The van der Waals surface area contributed by atoms with Crippen LogP contribution in [-0.2, 0) is 21.0 Å². The summed E-state index contributed by atoms with van der Waals surface area (Å²) in [4.78, 5) is 13.7. The molecule has 0 saturated heterocycles. The molecule has 1 amide bonds. The van der Waals surface area contributed by atoms with E-state index in [4.69, 9.17) is 0 Å². The number of carbonyl (C=O) groups excluding carboxylic acids is 1. The van der Waals surface area contributed by atoms with Gasteiger partial charge in [0.15, 0.2) is 0 Å². The Hall–Kier alpha value is -1.65. The molecule has 0 atom stereocenters. The molecule has 0 spiro atoms. The first-order valence-corrected chi connectivity index (χ1v) is 8.81. The van der Waals surface area contributed by atoms with Gasteiger partial charge in [0.2, 0.25) is 15.9 Å². The molecule has 0 aliphatic rings. The SMILES string of the molecule is CN(C)CCN(CC(=O)Nc1cccc(C(F)(F)F)c1)S(C)(=O)=O. The average molecular weight is 367 g/mol. The Balaban J connectivity index is 2.79. The zero-order valence-electron chi connectivity index (χ0n) is 13.6. The van der Waals surface area contributed by atoms with Crippen LogP contribution in [0.2, 0.25) is 0 Å². The maximum absolute atomic E-state index is 12.6. The summed E-state index contributed by atoms with van der Waals surface area (Å²) in [6, 6.07) is 4.15. The van der Waals surface area contributed by atoms with Crippen LogP contribution in [0.5, 0.6) is 0 Å². The van der Waals surface area contributed by atoms with Crippen LogP contribution in [0.3, 0.4) is 0 Å². The van der Waals surface area contributed by atoms with Gasteiger partial charge in [-0.3, -0.25) is 4.79 Å². The molecule has 24 heavy (non-hydrogen) atoms. The smallest absolute Gasteiger partial charge is 0.325 e. The van der Waals surface area contributed by atoms with Gasteiger partial charge in [-0.1, -0.05) is 6.07 Å². The Morgan fingerprint density at radius 2 is 1.83 bits per heavy atom. The molecule has 0 aromatic heterocycles. The molecule has 0 bridgehead atoms. The number of likely N-dealkylation sites (N-methyl/N-ethyl adjacent to an activating group) is 1. The van der Waals surface area contributed by atoms with E-state index in [1.54, 1.807) is 19.0 Å². The van der Waals surface area contributed by atoms with Gasteiger partial charge in [-0.25, -0.2) is 8.42 Å². The van der Waals surface area contributed by atoms with Crippen LogP contribution in [0.4, 0.5) is 18.9 Å². The van der Waals surface area contributed by atoms with Crippen molar-refractivity contribution in [1.29, 1.82) is 0 Å². The molecule has 1 aromatic carbocycles. The van der Waals surface area contributed by atoms with E-state index in [1.807, 2.05) is 0 Å². The molecule has 0 aliphatic carbocycles. The van der Waals surface area contributed by atoms with Crippen LogP contribution in [0.25, 0.3) is 0 Å². The lowest BCUT2D eigenvalue weighted by atomic mass is 10.2. The van der Waals surface area contributed by atoms with Crippen LogP contribution in [0, 0.1) is 0 Å². The van der Waals surface area contributed by atoms with Crippen LogP contribution in [0.15, 0.2) is 24.3 Å². The lowest BCUT2D eigenvalue weighted by Crippen LogP contribution is -2.41. The number of nitrogens with one attached hydrogen (secondary N) is 1. The number of rotatable bonds is 7. The monoisotopic (exact) mass is 367 g/mol. The summed E-state index contributed by atoms with van der Waals surface area (Å²) in [6.07, 6.45) is -3.55. The number of carbonyl (C=O) groups is 1. The van der Waals surface area contributed by atoms with Crippen molar-refractivity contribution in [3.05, 3.63) is 29.8 Å². The second kappa shape index (κ2) is 7.95. The van der Waals surface area contributed by atoms with Gasteiger partial charge in [-0.2, -0.15) is 17.5 Å². The first-order valence-electron chi connectivity index (χ1n) is 6.96. The maximum Gasteiger partial charge on any atom is 0.416 e. The molecule has 1 aromatic rings. The van der Waals surface area contributed by atoms with Gasteiger partial charge >= 0.3 is 6.18 Å². The van der Waals surface area contributed by atoms with Crippen molar-refractivity contribution in [2.75, 3.05) is 45.3 Å². The molecule has 10 heteroatoms. The highest BCUT2D eigenvalue weighted by Gasteiger charge is 2.30. The molecule has 0 heterocycles. The molecule has 1 rings (SSSR count). The van der Waals surface area contributed by atoms with Crippen LogP contribution in [0.1, 0.15) is 5.56 Å². The molecule has 136 valence electrons. The van der Waals surface area contributed by atoms with Crippen molar-refractivity contribution in [3.63, 3.8) is 0 Å². The molecule has 6 nitrogen and oxygen atoms in total. The van der Waals surface area contributed by atoms with E-state index in [-0.39, 0.29) is 12.2 Å². The molecular formula is C14H20F3N3O3S. The highest BCUT2D eigenvalue weighted by atomic mass is 32.2. The zero-order valence-corrected chi connectivity index (χ0v) is 14.4. The first-order chi connectivity index (χ1) is 10.9. The number of sulfonamides is 1. The predicted molar refractivity (Wildman–Crippen MR) is 85.0 cm³/mol. The van der Waals surface area contributed by atoms with Gasteiger partial charge in [0.05, 0.1) is 18.4 Å². The second-order valence-electron chi connectivity index (χ2n) is 5.53. The quantitative estimate of drug-likeness (QED) is 0.792. The maximum atomic E-state index is 12.6. The van der Waals surface area contributed by atoms with Crippen LogP contribution < -0.4 is 5.32 Å². The summed E-state index contributed by atoms with van der Waals surface area (Å²) in [5, 5.41) is 2.29. The van der Waals surface area contributed by atoms with Crippen molar-refractivity contribution in [2.45, 2.75) is 6.18 Å². The number of halogens is 3. The highest BCUT2D eigenvalue weighted by molar-refractivity contribution is 7.88. The molecule has 0 unspecified atom stereocenters. The molecule has 0 aliphatic heterocycles. The Labute approximate surface area is 139 Å². The van der Waals surface area contributed by atoms with Crippen LogP contribution in [-0.4, -0.2) is 63.5 Å². The van der Waals surface area contributed by atoms with Gasteiger partial charge in [0.25, 0.3) is 0 Å². The summed E-state index contributed by atoms with van der Waals surface area (Å²) in [5.74, 6) is -0.710. The highest BCUT2D eigenvalue weighted by Crippen LogP contribution is 2.30. The third kappa shape index (κ3) is 6.85. The summed E-state index contributed by atoms with van der Waals surface area (Å²) >= 11 is 0. The van der Waals surface area contributed by atoms with Crippen molar-refractivity contribution in [1.82, 2.24) is 9.21 Å². The third-order valence-corrected chi connectivity index (χ3v) is 4.31. The first kappa shape index (κ1) is 20.4. The molecular weight excluding hydrogens is 347 g/mol. The van der Waals surface area contributed by atoms with Crippen molar-refractivity contribution in [3.8, 4) is 0 Å². The van der Waals surface area contributed by atoms with Gasteiger partial charge < -0.3 is 10.2 Å². The standard InChI is InChI=1S/C14H20F3N3O3S/c1-19(2)7-8-20(24(3,22)23)10-13(21)18-12-6-4-5-11(9-12)14(15,16)17/h4-6,9H,7-8,10H2,1-3H3,(H,18,21). The van der Waals surface area contributed by atoms with E-state index in [1.165, 1.54) is 12.1 Å². The largest absolute Gasteiger partial charge is 0.416 e. The second-order valence-corrected chi connectivity index (χ2v) is 7.51. The Kier molecular flexibility index (Phi) is 6.76. The third-order valence-electron chi connectivity index (χ3n) is 3.06. The number of anilines is 1. The topological polar surface area (TPSA) is 69.7 Å². The number of alkyl halides is 3. The van der Waals surface area contributed by atoms with Gasteiger partial charge in [-0.05, 0) is 32.3 Å². The van der Waals surface area contributed by atoms with Gasteiger partial charge in [0, 0.05) is 18.8 Å². The summed E-state index contributed by atoms with van der Waals surface area (Å²) in [6.45, 7) is 0.0364. The summed E-state index contributed by atoms with van der Waals surface area (Å²) < 4.78 is 62.3. The van der Waals surface area contributed by atoms with E-state index in [0.29, 0.717) is 6.54 Å². The Morgan fingerprint density at radius 1 is 1.21 bits per heavy atom. The minimum atomic E-state index is -4.52. The van der Waals surface area contributed by atoms with Crippen LogP contribution >= 0.6 is 0 Å². The molecule has 1 N–H and O–H groups in total. The summed E-state index contributed by atoms with van der Waals surface area (Å²) in [7, 11) is -0.107. The number of benzene rings is 1. The summed E-state index contributed by atoms with van der Waals surface area (Å²) in [5.41, 5.74) is -0.941. The van der Waals surface area contributed by atoms with Crippen molar-refractivity contribution in [2.24, 2.45) is 0 Å². The van der Waals surface area contributed by atoms with Crippen molar-refractivity contribution < 1.29 is 26.4 Å². The molecule has 0 radical (unpaired) electrons. The number of amides is 1. The molecule has 0 saturated carbocycles. The predicted octanol–water partition coefficient (Wildman–Crippen LogP) is 1.47. The van der Waals surface area contributed by atoms with E-state index in [0.717, 1.165) is 22.7 Å². The fraction of sp³-hybridized carbons (Fsp3) is 0.500. The Morgan fingerprint density at radius 3 is 2.33 bits per heavy atom. The van der Waals surface area contributed by atoms with Crippen molar-refractivity contribution >= 4 is 21.6 Å². The number of nitrogens with zero attached hydrogens (tertiary/aromatic N) is 2. The lowest BCUT2D eigenvalue weighted by Gasteiger charge is -2.21. The van der Waals surface area contributed by atoms with E-state index in [9.17, 15) is 26.4 Å². The Bertz CT molecular complexity index is 675. The fourth-order valence-corrected chi connectivity index (χ4v) is 2.57. The van der Waals surface area contributed by atoms with E-state index >= 15 is 0 Å². The fourth-order valence-electron chi connectivity index (χ4n) is 1.81. The average Bonchev–Trinajstić information content (AvgIpc) is 2.41. The minimum absolute atomic E-state index is 0.0455. The number of hydrogen-bond acceptors (Lipinski definition) is 4. The zero-order chi connectivity index (χ0) is 18.5. The van der Waals surface area contributed by atoms with Gasteiger partial charge in [-0.15, -0.1) is 0 Å². The van der Waals surface area contributed by atoms with E-state index in [2.05, 4.69) is 5.32 Å². The minimum Gasteiger partial charge on any atom is -0.325 e. The lowest BCUT2D eigenvalue weighted by molar-refractivity contribution is -0.137. The van der Waals surface area contributed by atoms with E-state index < -0.39 is 34.2 Å². The molecule has 0 fully saturated rings. The normalized spacial score (nSPS) is 12.7. The van der Waals surface area contributed by atoms with Gasteiger partial charge in [0.1, 0.15) is 0 Å².